The zero-order chi connectivity index (χ0) is 25.9. The highest BCUT2D eigenvalue weighted by Crippen LogP contribution is 2.40. The molecule has 1 N–H and O–H groups in total. The highest BCUT2D eigenvalue weighted by atomic mass is 35.5. The Morgan fingerprint density at radius 3 is 2.65 bits per heavy atom. The summed E-state index contributed by atoms with van der Waals surface area (Å²) in [6.45, 7) is 3.90. The standard InChI is InChI=1S/C28H25ClN4O3S/c1-3-15-37-28-30-26(35)25-21-11-7-8-12-23(21)32(18(2)34)27(33(25)31-28)22-16-20(29)13-14-24(22)36-17-19-9-5-4-6-10-19/h4-14,16,27H,3,15,17H2,1-2H3/p+1. The molecule has 1 aromatic heterocycles. The largest absolute Gasteiger partial charge is 0.488 e. The lowest BCUT2D eigenvalue weighted by atomic mass is 10.0. The molecule has 5 rings (SSSR count). The number of hydrogen-bond acceptors (Lipinski definition) is 5. The maximum atomic E-state index is 13.4. The molecular weight excluding hydrogens is 508 g/mol. The second-order valence-corrected chi connectivity index (χ2v) is 10.2. The Balaban J connectivity index is 1.72. The quantitative estimate of drug-likeness (QED) is 0.255. The van der Waals surface area contributed by atoms with E-state index in [1.165, 1.54) is 18.7 Å². The number of para-hydroxylation sites is 1. The van der Waals surface area contributed by atoms with Crippen molar-refractivity contribution in [2.45, 2.75) is 38.2 Å². The van der Waals surface area contributed by atoms with Gasteiger partial charge >= 0.3 is 11.3 Å². The summed E-state index contributed by atoms with van der Waals surface area (Å²) in [6, 6.07) is 22.5. The van der Waals surface area contributed by atoms with E-state index in [0.29, 0.717) is 45.0 Å². The maximum absolute atomic E-state index is 13.4. The molecule has 7 nitrogen and oxygen atoms in total. The fraction of sp³-hybridized carbons (Fsp3) is 0.214. The predicted octanol–water partition coefficient (Wildman–Crippen LogP) is 5.37. The number of nitrogens with zero attached hydrogens (tertiary/aromatic N) is 3. The van der Waals surface area contributed by atoms with Crippen LogP contribution in [-0.4, -0.2) is 21.7 Å². The molecule has 9 heteroatoms. The Labute approximate surface area is 224 Å². The van der Waals surface area contributed by atoms with Crippen LogP contribution in [0.25, 0.3) is 11.3 Å². The van der Waals surface area contributed by atoms with Gasteiger partial charge in [-0.3, -0.25) is 14.6 Å². The first kappa shape index (κ1) is 25.0. The summed E-state index contributed by atoms with van der Waals surface area (Å²) in [5.41, 5.74) is 2.97. The monoisotopic (exact) mass is 533 g/mol. The van der Waals surface area contributed by atoms with E-state index in [9.17, 15) is 9.59 Å². The van der Waals surface area contributed by atoms with Gasteiger partial charge in [-0.1, -0.05) is 72.8 Å². The average Bonchev–Trinajstić information content (AvgIpc) is 2.90. The number of aromatic nitrogens is 3. The summed E-state index contributed by atoms with van der Waals surface area (Å²) in [5, 5.41) is 5.79. The molecule has 1 atom stereocenters. The van der Waals surface area contributed by atoms with Crippen molar-refractivity contribution in [2.24, 2.45) is 0 Å². The molecule has 0 radical (unpaired) electrons. The third-order valence-corrected chi connectivity index (χ3v) is 7.33. The lowest BCUT2D eigenvalue weighted by molar-refractivity contribution is -0.763. The summed E-state index contributed by atoms with van der Waals surface area (Å²) in [5.74, 6) is 1.14. The van der Waals surface area contributed by atoms with E-state index in [1.54, 1.807) is 27.8 Å². The molecule has 4 aromatic rings. The number of benzene rings is 3. The molecule has 0 bridgehead atoms. The molecular formula is C28H26ClN4O3S+. The van der Waals surface area contributed by atoms with E-state index in [-0.39, 0.29) is 11.5 Å². The number of carbonyl (C=O) groups excluding carboxylic acids is 1. The van der Waals surface area contributed by atoms with Gasteiger partial charge in [0.2, 0.25) is 11.1 Å². The number of fused-ring (bicyclic) bond motifs is 3. The van der Waals surface area contributed by atoms with E-state index in [4.69, 9.17) is 21.4 Å². The molecule has 0 fully saturated rings. The fourth-order valence-electron chi connectivity index (χ4n) is 4.45. The first-order chi connectivity index (χ1) is 18.0. The van der Waals surface area contributed by atoms with Gasteiger partial charge in [-0.15, -0.1) is 0 Å². The number of nitrogens with one attached hydrogen (secondary N) is 1. The van der Waals surface area contributed by atoms with Gasteiger partial charge < -0.3 is 4.74 Å². The van der Waals surface area contributed by atoms with Crippen LogP contribution in [0, 0.1) is 0 Å². The van der Waals surface area contributed by atoms with Crippen molar-refractivity contribution in [3.05, 3.63) is 99.3 Å². The van der Waals surface area contributed by atoms with Gasteiger partial charge in [0.1, 0.15) is 12.4 Å². The van der Waals surface area contributed by atoms with E-state index in [1.807, 2.05) is 54.6 Å². The van der Waals surface area contributed by atoms with E-state index in [0.717, 1.165) is 17.7 Å². The number of anilines is 1. The molecule has 37 heavy (non-hydrogen) atoms. The van der Waals surface area contributed by atoms with Gasteiger partial charge in [-0.25, -0.2) is 4.90 Å². The third-order valence-electron chi connectivity index (χ3n) is 6.03. The van der Waals surface area contributed by atoms with Gasteiger partial charge in [0.05, 0.1) is 16.8 Å². The Morgan fingerprint density at radius 1 is 1.14 bits per heavy atom. The zero-order valence-corrected chi connectivity index (χ0v) is 22.1. The number of H-pyrrole nitrogens is 1. The van der Waals surface area contributed by atoms with Gasteiger partial charge in [0, 0.05) is 22.8 Å². The molecule has 3 aromatic carbocycles. The second-order valence-electron chi connectivity index (χ2n) is 8.64. The van der Waals surface area contributed by atoms with Crippen molar-refractivity contribution in [3.63, 3.8) is 0 Å². The number of halogens is 1. The van der Waals surface area contributed by atoms with Gasteiger partial charge in [0.25, 0.3) is 6.17 Å². The molecule has 1 aliphatic rings. The highest BCUT2D eigenvalue weighted by molar-refractivity contribution is 7.99. The summed E-state index contributed by atoms with van der Waals surface area (Å²) < 4.78 is 7.89. The minimum atomic E-state index is -0.782. The van der Waals surface area contributed by atoms with Crippen LogP contribution in [0.4, 0.5) is 5.69 Å². The molecule has 188 valence electrons. The van der Waals surface area contributed by atoms with E-state index in [2.05, 4.69) is 11.9 Å². The second kappa shape index (κ2) is 10.8. The van der Waals surface area contributed by atoms with Crippen molar-refractivity contribution in [2.75, 3.05) is 10.7 Å². The smallest absolute Gasteiger partial charge is 0.325 e. The third kappa shape index (κ3) is 4.99. The number of ether oxygens (including phenoxy) is 1. The number of amides is 1. The summed E-state index contributed by atoms with van der Waals surface area (Å²) in [6.07, 6.45) is 0.142. The van der Waals surface area contributed by atoms with E-state index < -0.39 is 6.17 Å². The van der Waals surface area contributed by atoms with Crippen LogP contribution in [-0.2, 0) is 11.4 Å². The van der Waals surface area contributed by atoms with Gasteiger partial charge in [0.15, 0.2) is 0 Å². The Morgan fingerprint density at radius 2 is 1.89 bits per heavy atom. The number of hydrogen-bond donors (Lipinski definition) is 1. The SMILES string of the molecule is CCCSc1n[n+]2c(c(=O)[nH]1)-c1ccccc1N(C(C)=O)C2c1cc(Cl)ccc1OCc1ccccc1. The minimum absolute atomic E-state index is 0.200. The number of aromatic amines is 1. The molecule has 1 unspecified atom stereocenters. The number of rotatable bonds is 7. The molecule has 0 spiro atoms. The van der Waals surface area contributed by atoms with Crippen molar-refractivity contribution in [3.8, 4) is 17.0 Å². The zero-order valence-electron chi connectivity index (χ0n) is 20.5. The van der Waals surface area contributed by atoms with Crippen LogP contribution >= 0.6 is 23.4 Å². The van der Waals surface area contributed by atoms with Crippen molar-refractivity contribution < 1.29 is 14.2 Å². The summed E-state index contributed by atoms with van der Waals surface area (Å²) in [4.78, 5) is 31.2. The van der Waals surface area contributed by atoms with Crippen LogP contribution in [0.15, 0.2) is 82.7 Å². The summed E-state index contributed by atoms with van der Waals surface area (Å²) >= 11 is 7.94. The van der Waals surface area contributed by atoms with Crippen molar-refractivity contribution in [1.82, 2.24) is 10.1 Å². The predicted molar refractivity (Wildman–Crippen MR) is 145 cm³/mol. The molecule has 1 aliphatic heterocycles. The van der Waals surface area contributed by atoms with E-state index >= 15 is 0 Å². The highest BCUT2D eigenvalue weighted by Gasteiger charge is 2.46. The van der Waals surface area contributed by atoms with Crippen LogP contribution in [0.5, 0.6) is 5.75 Å². The number of carbonyl (C=O) groups is 1. The Bertz CT molecular complexity index is 1510. The summed E-state index contributed by atoms with van der Waals surface area (Å²) in [7, 11) is 0. The van der Waals surface area contributed by atoms with Gasteiger partial charge in [-0.2, -0.15) is 0 Å². The topological polar surface area (TPSA) is 79.2 Å². The van der Waals surface area contributed by atoms with Crippen LogP contribution in [0.2, 0.25) is 5.02 Å². The fourth-order valence-corrected chi connectivity index (χ4v) is 5.33. The molecule has 0 saturated heterocycles. The lowest BCUT2D eigenvalue weighted by Gasteiger charge is -2.32. The van der Waals surface area contributed by atoms with Crippen LogP contribution in [0.1, 0.15) is 37.6 Å². The number of thioether (sulfide) groups is 1. The van der Waals surface area contributed by atoms with Crippen molar-refractivity contribution in [1.29, 1.82) is 0 Å². The van der Waals surface area contributed by atoms with Crippen LogP contribution in [0.3, 0.4) is 0 Å². The Kier molecular flexibility index (Phi) is 7.30. The average molecular weight is 534 g/mol. The maximum Gasteiger partial charge on any atom is 0.325 e. The molecule has 1 amide bonds. The first-order valence-electron chi connectivity index (χ1n) is 12.0. The lowest BCUT2D eigenvalue weighted by Crippen LogP contribution is -2.60. The van der Waals surface area contributed by atoms with Gasteiger partial charge in [-0.05, 0) is 47.0 Å². The molecule has 2 heterocycles. The first-order valence-corrected chi connectivity index (χ1v) is 13.4. The molecule has 0 saturated carbocycles. The Hall–Kier alpha value is -3.62. The normalized spacial score (nSPS) is 14.1. The molecule has 0 aliphatic carbocycles. The minimum Gasteiger partial charge on any atom is -0.488 e. The van der Waals surface area contributed by atoms with Crippen LogP contribution < -0.4 is 19.9 Å². The van der Waals surface area contributed by atoms with Crippen molar-refractivity contribution >= 4 is 35.0 Å².